The Morgan fingerprint density at radius 3 is 2.24 bits per heavy atom. The van der Waals surface area contributed by atoms with Gasteiger partial charge in [-0.25, -0.2) is 4.98 Å². The van der Waals surface area contributed by atoms with Crippen molar-refractivity contribution in [3.8, 4) is 5.75 Å². The Labute approximate surface area is 200 Å². The van der Waals surface area contributed by atoms with Gasteiger partial charge in [0.1, 0.15) is 5.75 Å². The van der Waals surface area contributed by atoms with Crippen LogP contribution in [-0.4, -0.2) is 35.6 Å². The SMILES string of the molecule is COc1ccc(CC(=O)Nc2nc(CSCC(=O)Nc3ccc(NC(C)=O)cc3)cs2)cc1. The number of benzene rings is 2. The summed E-state index contributed by atoms with van der Waals surface area (Å²) in [6.45, 7) is 1.44. The van der Waals surface area contributed by atoms with E-state index in [2.05, 4.69) is 20.9 Å². The molecule has 0 saturated carbocycles. The van der Waals surface area contributed by atoms with Crippen molar-refractivity contribution in [1.29, 1.82) is 0 Å². The highest BCUT2D eigenvalue weighted by atomic mass is 32.2. The Morgan fingerprint density at radius 2 is 1.61 bits per heavy atom. The number of thioether (sulfide) groups is 1. The Balaban J connectivity index is 1.38. The van der Waals surface area contributed by atoms with Crippen molar-refractivity contribution in [1.82, 2.24) is 4.98 Å². The minimum Gasteiger partial charge on any atom is -0.497 e. The Hall–Kier alpha value is -3.37. The van der Waals surface area contributed by atoms with E-state index in [0.29, 0.717) is 22.3 Å². The second-order valence-corrected chi connectivity index (χ2v) is 8.86. The van der Waals surface area contributed by atoms with Crippen LogP contribution in [0.4, 0.5) is 16.5 Å². The molecular weight excluding hydrogens is 460 g/mol. The first-order chi connectivity index (χ1) is 15.9. The normalized spacial score (nSPS) is 10.4. The maximum atomic E-state index is 12.2. The van der Waals surface area contributed by atoms with E-state index in [9.17, 15) is 14.4 Å². The molecule has 0 spiro atoms. The summed E-state index contributed by atoms with van der Waals surface area (Å²) in [6, 6.07) is 14.3. The molecule has 1 aromatic heterocycles. The molecule has 3 rings (SSSR count). The van der Waals surface area contributed by atoms with Crippen molar-refractivity contribution in [2.45, 2.75) is 19.1 Å². The summed E-state index contributed by atoms with van der Waals surface area (Å²) in [5, 5.41) is 10.7. The summed E-state index contributed by atoms with van der Waals surface area (Å²) in [7, 11) is 1.60. The number of aromatic nitrogens is 1. The standard InChI is InChI=1S/C23H24N4O4S2/c1-15(28)24-17-5-7-18(8-6-17)25-22(30)14-32-12-19-13-33-23(26-19)27-21(29)11-16-3-9-20(31-2)10-4-16/h3-10,13H,11-12,14H2,1-2H3,(H,24,28)(H,25,30)(H,26,27,29). The van der Waals surface area contributed by atoms with Crippen LogP contribution < -0.4 is 20.7 Å². The van der Waals surface area contributed by atoms with Crippen LogP contribution in [0.5, 0.6) is 5.75 Å². The van der Waals surface area contributed by atoms with Gasteiger partial charge in [0.25, 0.3) is 0 Å². The quantitative estimate of drug-likeness (QED) is 0.399. The lowest BCUT2D eigenvalue weighted by Crippen LogP contribution is -2.14. The van der Waals surface area contributed by atoms with E-state index >= 15 is 0 Å². The van der Waals surface area contributed by atoms with Crippen LogP contribution in [0.15, 0.2) is 53.9 Å². The van der Waals surface area contributed by atoms with Gasteiger partial charge >= 0.3 is 0 Å². The lowest BCUT2D eigenvalue weighted by atomic mass is 10.1. The lowest BCUT2D eigenvalue weighted by Gasteiger charge is -2.06. The fourth-order valence-electron chi connectivity index (χ4n) is 2.81. The average molecular weight is 485 g/mol. The van der Waals surface area contributed by atoms with E-state index in [1.165, 1.54) is 30.0 Å². The molecular formula is C23H24N4O4S2. The summed E-state index contributed by atoms with van der Waals surface area (Å²) < 4.78 is 5.12. The van der Waals surface area contributed by atoms with Crippen LogP contribution >= 0.6 is 23.1 Å². The molecule has 3 aromatic rings. The van der Waals surface area contributed by atoms with Crippen molar-refractivity contribution in [3.05, 3.63) is 65.2 Å². The molecule has 33 heavy (non-hydrogen) atoms. The number of ether oxygens (including phenoxy) is 1. The Bertz CT molecular complexity index is 1100. The zero-order valence-electron chi connectivity index (χ0n) is 18.2. The number of nitrogens with one attached hydrogen (secondary N) is 3. The summed E-state index contributed by atoms with van der Waals surface area (Å²) in [6.07, 6.45) is 0.250. The van der Waals surface area contributed by atoms with Crippen LogP contribution in [0.1, 0.15) is 18.2 Å². The fraction of sp³-hybridized carbons (Fsp3) is 0.217. The van der Waals surface area contributed by atoms with Crippen molar-refractivity contribution >= 4 is 57.3 Å². The second kappa shape index (κ2) is 12.0. The number of anilines is 3. The molecule has 0 aliphatic carbocycles. The predicted molar refractivity (Wildman–Crippen MR) is 133 cm³/mol. The van der Waals surface area contributed by atoms with Gasteiger partial charge in [0, 0.05) is 29.4 Å². The first-order valence-corrected chi connectivity index (χ1v) is 12.1. The lowest BCUT2D eigenvalue weighted by molar-refractivity contribution is -0.116. The molecule has 172 valence electrons. The number of rotatable bonds is 10. The van der Waals surface area contributed by atoms with Gasteiger partial charge in [0.05, 0.1) is 25.0 Å². The largest absolute Gasteiger partial charge is 0.497 e. The predicted octanol–water partition coefficient (Wildman–Crippen LogP) is 4.16. The van der Waals surface area contributed by atoms with Crippen molar-refractivity contribution in [2.24, 2.45) is 0 Å². The van der Waals surface area contributed by atoms with Gasteiger partial charge in [-0.05, 0) is 42.0 Å². The van der Waals surface area contributed by atoms with E-state index in [1.54, 1.807) is 31.4 Å². The van der Waals surface area contributed by atoms with Crippen molar-refractivity contribution in [2.75, 3.05) is 28.8 Å². The van der Waals surface area contributed by atoms with Crippen LogP contribution in [0, 0.1) is 0 Å². The fourth-order valence-corrected chi connectivity index (χ4v) is 4.36. The Kier molecular flexibility index (Phi) is 8.85. The molecule has 0 radical (unpaired) electrons. The molecule has 0 fully saturated rings. The minimum absolute atomic E-state index is 0.129. The second-order valence-electron chi connectivity index (χ2n) is 7.02. The van der Waals surface area contributed by atoms with E-state index in [4.69, 9.17) is 4.74 Å². The number of methoxy groups -OCH3 is 1. The Morgan fingerprint density at radius 1 is 0.939 bits per heavy atom. The average Bonchev–Trinajstić information content (AvgIpc) is 3.22. The molecule has 0 aliphatic rings. The molecule has 0 bridgehead atoms. The van der Waals surface area contributed by atoms with Gasteiger partial charge in [0.2, 0.25) is 17.7 Å². The number of amides is 3. The maximum Gasteiger partial charge on any atom is 0.234 e. The van der Waals surface area contributed by atoms with E-state index < -0.39 is 0 Å². The third kappa shape index (κ3) is 8.24. The molecule has 0 unspecified atom stereocenters. The van der Waals surface area contributed by atoms with Crippen molar-refractivity contribution < 1.29 is 19.1 Å². The van der Waals surface area contributed by atoms with Crippen molar-refractivity contribution in [3.63, 3.8) is 0 Å². The highest BCUT2D eigenvalue weighted by molar-refractivity contribution is 7.99. The summed E-state index contributed by atoms with van der Waals surface area (Å²) >= 11 is 2.79. The molecule has 0 aliphatic heterocycles. The van der Waals surface area contributed by atoms with Gasteiger partial charge in [-0.2, -0.15) is 0 Å². The highest BCUT2D eigenvalue weighted by Crippen LogP contribution is 2.21. The monoisotopic (exact) mass is 484 g/mol. The summed E-state index contributed by atoms with van der Waals surface area (Å²) in [4.78, 5) is 39.8. The van der Waals surface area contributed by atoms with E-state index in [-0.39, 0.29) is 29.9 Å². The number of carbonyl (C=O) groups excluding carboxylic acids is 3. The number of carbonyl (C=O) groups is 3. The number of nitrogens with zero attached hydrogens (tertiary/aromatic N) is 1. The van der Waals surface area contributed by atoms with Gasteiger partial charge in [-0.15, -0.1) is 23.1 Å². The number of thiazole rings is 1. The maximum absolute atomic E-state index is 12.2. The van der Waals surface area contributed by atoms with Crippen LogP contribution in [0.2, 0.25) is 0 Å². The third-order valence-electron chi connectivity index (χ3n) is 4.29. The molecule has 2 aromatic carbocycles. The minimum atomic E-state index is -0.148. The van der Waals surface area contributed by atoms with Gasteiger partial charge in [-0.3, -0.25) is 14.4 Å². The molecule has 10 heteroatoms. The summed E-state index contributed by atoms with van der Waals surface area (Å²) in [5.41, 5.74) is 3.02. The number of hydrogen-bond acceptors (Lipinski definition) is 7. The van der Waals surface area contributed by atoms with Crippen LogP contribution in [-0.2, 0) is 26.6 Å². The smallest absolute Gasteiger partial charge is 0.234 e. The highest BCUT2D eigenvalue weighted by Gasteiger charge is 2.09. The molecule has 0 saturated heterocycles. The van der Waals surface area contributed by atoms with E-state index in [0.717, 1.165) is 17.0 Å². The van der Waals surface area contributed by atoms with Gasteiger partial charge < -0.3 is 20.7 Å². The van der Waals surface area contributed by atoms with E-state index in [1.807, 2.05) is 29.6 Å². The molecule has 8 nitrogen and oxygen atoms in total. The molecule has 3 amide bonds. The molecule has 1 heterocycles. The van der Waals surface area contributed by atoms with Crippen LogP contribution in [0.3, 0.4) is 0 Å². The molecule has 3 N–H and O–H groups in total. The van der Waals surface area contributed by atoms with Crippen LogP contribution in [0.25, 0.3) is 0 Å². The topological polar surface area (TPSA) is 109 Å². The first kappa shape index (κ1) is 24.3. The zero-order valence-corrected chi connectivity index (χ0v) is 19.8. The first-order valence-electron chi connectivity index (χ1n) is 10.0. The van der Waals surface area contributed by atoms with Gasteiger partial charge in [0.15, 0.2) is 5.13 Å². The number of hydrogen-bond donors (Lipinski definition) is 3. The zero-order chi connectivity index (χ0) is 23.6. The van der Waals surface area contributed by atoms with Gasteiger partial charge in [-0.1, -0.05) is 12.1 Å². The third-order valence-corrected chi connectivity index (χ3v) is 6.07. The summed E-state index contributed by atoms with van der Waals surface area (Å²) in [5.74, 6) is 1.15. The molecule has 0 atom stereocenters.